The van der Waals surface area contributed by atoms with Crippen LogP contribution in [0.2, 0.25) is 0 Å². The summed E-state index contributed by atoms with van der Waals surface area (Å²) < 4.78 is 33.1. The van der Waals surface area contributed by atoms with Crippen LogP contribution in [0.4, 0.5) is 8.78 Å². The van der Waals surface area contributed by atoms with Gasteiger partial charge in [0.2, 0.25) is 0 Å². The molecule has 1 N–H and O–H groups in total. The number of unbranched alkanes of at least 4 members (excludes halogenated alkanes) is 1. The van der Waals surface area contributed by atoms with Gasteiger partial charge in [0.15, 0.2) is 17.4 Å². The van der Waals surface area contributed by atoms with Crippen LogP contribution in [0.15, 0.2) is 12.1 Å². The molecule has 0 bridgehead atoms. The lowest BCUT2D eigenvalue weighted by Gasteiger charge is -2.16. The van der Waals surface area contributed by atoms with Crippen LogP contribution in [0.3, 0.4) is 0 Å². The summed E-state index contributed by atoms with van der Waals surface area (Å²) in [5, 5.41) is 2.87. The second kappa shape index (κ2) is 8.90. The van der Waals surface area contributed by atoms with Crippen LogP contribution in [-0.4, -0.2) is 13.7 Å². The van der Waals surface area contributed by atoms with Gasteiger partial charge in [-0.25, -0.2) is 8.78 Å². The summed E-state index contributed by atoms with van der Waals surface area (Å²) in [4.78, 5) is 0. The second-order valence-electron chi connectivity index (χ2n) is 5.15. The quantitative estimate of drug-likeness (QED) is 0.731. The Labute approximate surface area is 120 Å². The van der Waals surface area contributed by atoms with Gasteiger partial charge in [-0.3, -0.25) is 0 Å². The van der Waals surface area contributed by atoms with Crippen molar-refractivity contribution in [3.8, 4) is 5.75 Å². The molecule has 114 valence electrons. The summed E-state index contributed by atoms with van der Waals surface area (Å²) in [5.41, 5.74) is 0.577. The Kier molecular flexibility index (Phi) is 7.52. The van der Waals surface area contributed by atoms with E-state index < -0.39 is 11.6 Å². The van der Waals surface area contributed by atoms with Gasteiger partial charge in [0.25, 0.3) is 0 Å². The first-order valence-corrected chi connectivity index (χ1v) is 7.37. The Balaban J connectivity index is 2.67. The van der Waals surface area contributed by atoms with Crippen LogP contribution >= 0.6 is 0 Å². The van der Waals surface area contributed by atoms with Crippen molar-refractivity contribution in [3.05, 3.63) is 29.3 Å². The van der Waals surface area contributed by atoms with Crippen LogP contribution in [0.1, 0.15) is 45.1 Å². The lowest BCUT2D eigenvalue weighted by atomic mass is 10.0. The van der Waals surface area contributed by atoms with Gasteiger partial charge in [0, 0.05) is 6.54 Å². The third-order valence-electron chi connectivity index (χ3n) is 3.45. The van der Waals surface area contributed by atoms with Crippen LogP contribution in [0.25, 0.3) is 0 Å². The fourth-order valence-corrected chi connectivity index (χ4v) is 2.16. The normalized spacial score (nSPS) is 12.4. The van der Waals surface area contributed by atoms with Crippen molar-refractivity contribution in [2.45, 2.75) is 46.1 Å². The van der Waals surface area contributed by atoms with Crippen LogP contribution in [-0.2, 0) is 6.54 Å². The van der Waals surface area contributed by atoms with Crippen molar-refractivity contribution in [2.24, 2.45) is 5.92 Å². The molecule has 1 aromatic rings. The molecule has 20 heavy (non-hydrogen) atoms. The molecule has 0 aliphatic carbocycles. The lowest BCUT2D eigenvalue weighted by Crippen LogP contribution is -2.13. The largest absolute Gasteiger partial charge is 0.487 e. The van der Waals surface area contributed by atoms with Gasteiger partial charge in [-0.05, 0) is 37.1 Å². The summed E-state index contributed by atoms with van der Waals surface area (Å²) in [7, 11) is 1.74. The molecule has 1 rings (SSSR count). The molecule has 0 saturated carbocycles. The van der Waals surface area contributed by atoms with Crippen LogP contribution in [0.5, 0.6) is 5.75 Å². The molecule has 0 aliphatic heterocycles. The zero-order valence-electron chi connectivity index (χ0n) is 12.6. The number of benzene rings is 1. The lowest BCUT2D eigenvalue weighted by molar-refractivity contribution is 0.215. The van der Waals surface area contributed by atoms with E-state index in [1.54, 1.807) is 7.05 Å². The van der Waals surface area contributed by atoms with Crippen molar-refractivity contribution in [3.63, 3.8) is 0 Å². The van der Waals surface area contributed by atoms with Crippen LogP contribution < -0.4 is 10.1 Å². The molecule has 0 saturated heterocycles. The van der Waals surface area contributed by atoms with Crippen LogP contribution in [0, 0.1) is 17.6 Å². The fourth-order valence-electron chi connectivity index (χ4n) is 2.16. The molecule has 1 atom stereocenters. The average Bonchev–Trinajstić information content (AvgIpc) is 2.41. The first kappa shape index (κ1) is 16.9. The number of rotatable bonds is 9. The first-order valence-electron chi connectivity index (χ1n) is 7.37. The molecule has 0 amide bonds. The Morgan fingerprint density at radius 3 is 2.35 bits per heavy atom. The molecule has 4 heteroatoms. The number of hydrogen-bond acceptors (Lipinski definition) is 2. The van der Waals surface area contributed by atoms with E-state index in [9.17, 15) is 8.78 Å². The Morgan fingerprint density at radius 1 is 1.20 bits per heavy atom. The molecule has 0 fully saturated rings. The topological polar surface area (TPSA) is 21.3 Å². The number of halogens is 2. The molecule has 1 unspecified atom stereocenters. The summed E-state index contributed by atoms with van der Waals surface area (Å²) in [5.74, 6) is -1.15. The summed E-state index contributed by atoms with van der Waals surface area (Å²) in [6, 6.07) is 2.64. The predicted molar refractivity (Wildman–Crippen MR) is 77.9 cm³/mol. The molecular weight excluding hydrogens is 260 g/mol. The Bertz CT molecular complexity index is 386. The SMILES string of the molecule is CCCCC(CC)COc1c(F)cc(CNC)cc1F. The van der Waals surface area contributed by atoms with Gasteiger partial charge >= 0.3 is 0 Å². The first-order chi connectivity index (χ1) is 9.62. The maximum absolute atomic E-state index is 13.8. The summed E-state index contributed by atoms with van der Waals surface area (Å²) >= 11 is 0. The minimum atomic E-state index is -0.624. The number of ether oxygens (including phenoxy) is 1. The van der Waals surface area contributed by atoms with E-state index >= 15 is 0 Å². The highest BCUT2D eigenvalue weighted by atomic mass is 19.1. The predicted octanol–water partition coefficient (Wildman–Crippen LogP) is 4.28. The fraction of sp³-hybridized carbons (Fsp3) is 0.625. The zero-order chi connectivity index (χ0) is 15.0. The maximum atomic E-state index is 13.8. The minimum Gasteiger partial charge on any atom is -0.487 e. The summed E-state index contributed by atoms with van der Waals surface area (Å²) in [6.07, 6.45) is 4.24. The van der Waals surface area contributed by atoms with E-state index in [-0.39, 0.29) is 5.75 Å². The smallest absolute Gasteiger partial charge is 0.190 e. The van der Waals surface area contributed by atoms with E-state index in [1.165, 1.54) is 12.1 Å². The second-order valence-corrected chi connectivity index (χ2v) is 5.15. The van der Waals surface area contributed by atoms with E-state index in [2.05, 4.69) is 19.2 Å². The van der Waals surface area contributed by atoms with Crippen molar-refractivity contribution < 1.29 is 13.5 Å². The molecule has 2 nitrogen and oxygen atoms in total. The van der Waals surface area contributed by atoms with Crippen molar-refractivity contribution >= 4 is 0 Å². The highest BCUT2D eigenvalue weighted by Crippen LogP contribution is 2.25. The molecule has 0 spiro atoms. The van der Waals surface area contributed by atoms with Gasteiger partial charge in [-0.2, -0.15) is 0 Å². The van der Waals surface area contributed by atoms with Gasteiger partial charge in [-0.1, -0.05) is 33.1 Å². The van der Waals surface area contributed by atoms with Crippen molar-refractivity contribution in [2.75, 3.05) is 13.7 Å². The molecule has 0 heterocycles. The van der Waals surface area contributed by atoms with Crippen molar-refractivity contribution in [1.29, 1.82) is 0 Å². The van der Waals surface area contributed by atoms with Gasteiger partial charge in [-0.15, -0.1) is 0 Å². The third kappa shape index (κ3) is 5.08. The highest BCUT2D eigenvalue weighted by Gasteiger charge is 2.15. The number of hydrogen-bond donors (Lipinski definition) is 1. The molecular formula is C16H25F2NO. The van der Waals surface area contributed by atoms with Gasteiger partial charge in [0.1, 0.15) is 0 Å². The van der Waals surface area contributed by atoms with E-state index in [4.69, 9.17) is 4.74 Å². The zero-order valence-corrected chi connectivity index (χ0v) is 12.6. The minimum absolute atomic E-state index is 0.250. The highest BCUT2D eigenvalue weighted by molar-refractivity contribution is 5.31. The summed E-state index contributed by atoms with van der Waals surface area (Å²) in [6.45, 7) is 5.01. The van der Waals surface area contributed by atoms with Gasteiger partial charge < -0.3 is 10.1 Å². The van der Waals surface area contributed by atoms with E-state index in [0.29, 0.717) is 24.6 Å². The third-order valence-corrected chi connectivity index (χ3v) is 3.45. The standard InChI is InChI=1S/C16H25F2NO/c1-4-6-7-12(5-2)11-20-16-14(17)8-13(10-19-3)9-15(16)18/h8-9,12,19H,4-7,10-11H2,1-3H3. The molecule has 1 aromatic carbocycles. The average molecular weight is 285 g/mol. The van der Waals surface area contributed by atoms with E-state index in [0.717, 1.165) is 25.7 Å². The van der Waals surface area contributed by atoms with Gasteiger partial charge in [0.05, 0.1) is 6.61 Å². The Hall–Kier alpha value is -1.16. The van der Waals surface area contributed by atoms with Crippen molar-refractivity contribution in [1.82, 2.24) is 5.32 Å². The monoisotopic (exact) mass is 285 g/mol. The van der Waals surface area contributed by atoms with E-state index in [1.807, 2.05) is 0 Å². The number of nitrogens with one attached hydrogen (secondary N) is 1. The molecule has 0 aliphatic rings. The molecule has 0 aromatic heterocycles. The maximum Gasteiger partial charge on any atom is 0.190 e. The molecule has 0 radical (unpaired) electrons. The Morgan fingerprint density at radius 2 is 1.85 bits per heavy atom.